The Morgan fingerprint density at radius 3 is 2.62 bits per heavy atom. The second kappa shape index (κ2) is 6.05. The quantitative estimate of drug-likeness (QED) is 0.883. The first kappa shape index (κ1) is 15.0. The zero-order valence-electron chi connectivity index (χ0n) is 12.1. The van der Waals surface area contributed by atoms with Gasteiger partial charge in [-0.2, -0.15) is 0 Å². The molecular weight excluding hydrogens is 335 g/mol. The van der Waals surface area contributed by atoms with Crippen molar-refractivity contribution in [3.8, 4) is 0 Å². The van der Waals surface area contributed by atoms with Crippen molar-refractivity contribution in [2.45, 2.75) is 50.2 Å². The van der Waals surface area contributed by atoms with Gasteiger partial charge in [-0.15, -0.1) is 0 Å². The van der Waals surface area contributed by atoms with E-state index >= 15 is 0 Å². The van der Waals surface area contributed by atoms with Crippen LogP contribution in [0, 0.1) is 5.82 Å². The standard InChI is InChI=1S/C16H20BrFN2O/c1-20-12-3-2-4-13(20)9-11(8-12)19-16(21)14-6-5-10(18)7-15(14)17/h5-7,11-13H,2-4,8-9H2,1H3,(H,19,21). The van der Waals surface area contributed by atoms with Crippen molar-refractivity contribution < 1.29 is 9.18 Å². The van der Waals surface area contributed by atoms with Crippen molar-refractivity contribution in [2.24, 2.45) is 0 Å². The second-order valence-electron chi connectivity index (χ2n) is 6.17. The van der Waals surface area contributed by atoms with Crippen LogP contribution in [0.4, 0.5) is 4.39 Å². The van der Waals surface area contributed by atoms with Gasteiger partial charge < -0.3 is 10.2 Å². The Bertz CT molecular complexity index is 537. The molecule has 0 aromatic heterocycles. The zero-order chi connectivity index (χ0) is 15.0. The number of benzene rings is 1. The normalized spacial score (nSPS) is 29.2. The molecule has 2 unspecified atom stereocenters. The summed E-state index contributed by atoms with van der Waals surface area (Å²) in [4.78, 5) is 14.8. The third-order valence-corrected chi connectivity index (χ3v) is 5.51. The van der Waals surface area contributed by atoms with Crippen LogP contribution in [-0.4, -0.2) is 36.0 Å². The molecule has 0 spiro atoms. The zero-order valence-corrected chi connectivity index (χ0v) is 13.7. The van der Waals surface area contributed by atoms with Crippen LogP contribution in [0.1, 0.15) is 42.5 Å². The lowest BCUT2D eigenvalue weighted by Crippen LogP contribution is -2.55. The van der Waals surface area contributed by atoms with E-state index in [1.807, 2.05) is 0 Å². The van der Waals surface area contributed by atoms with Crippen molar-refractivity contribution >= 4 is 21.8 Å². The van der Waals surface area contributed by atoms with Gasteiger partial charge in [0.05, 0.1) is 5.56 Å². The van der Waals surface area contributed by atoms with Crippen LogP contribution >= 0.6 is 15.9 Å². The lowest BCUT2D eigenvalue weighted by molar-refractivity contribution is 0.0463. The Morgan fingerprint density at radius 2 is 2.00 bits per heavy atom. The van der Waals surface area contributed by atoms with Crippen molar-refractivity contribution in [3.05, 3.63) is 34.1 Å². The van der Waals surface area contributed by atoms with Gasteiger partial charge in [0.1, 0.15) is 5.82 Å². The lowest BCUT2D eigenvalue weighted by Gasteiger charge is -2.47. The Hall–Kier alpha value is -0.940. The molecule has 1 aromatic rings. The smallest absolute Gasteiger partial charge is 0.252 e. The summed E-state index contributed by atoms with van der Waals surface area (Å²) in [6, 6.07) is 5.58. The SMILES string of the molecule is CN1C2CCCC1CC(NC(=O)c1ccc(F)cc1Br)C2. The summed E-state index contributed by atoms with van der Waals surface area (Å²) < 4.78 is 13.6. The van der Waals surface area contributed by atoms with Crippen LogP contribution in [0.2, 0.25) is 0 Å². The van der Waals surface area contributed by atoms with E-state index in [4.69, 9.17) is 0 Å². The Morgan fingerprint density at radius 1 is 1.33 bits per heavy atom. The minimum absolute atomic E-state index is 0.116. The molecule has 2 heterocycles. The third-order valence-electron chi connectivity index (χ3n) is 4.85. The van der Waals surface area contributed by atoms with Gasteiger partial charge in [0.25, 0.3) is 5.91 Å². The number of hydrogen-bond donors (Lipinski definition) is 1. The summed E-state index contributed by atoms with van der Waals surface area (Å²) in [6.07, 6.45) is 5.76. The van der Waals surface area contributed by atoms with Gasteiger partial charge in [0.2, 0.25) is 0 Å². The molecule has 1 amide bonds. The molecule has 2 saturated heterocycles. The van der Waals surface area contributed by atoms with E-state index in [1.165, 1.54) is 37.5 Å². The molecule has 1 aromatic carbocycles. The van der Waals surface area contributed by atoms with Crippen molar-refractivity contribution in [2.75, 3.05) is 7.05 Å². The van der Waals surface area contributed by atoms with E-state index in [0.29, 0.717) is 22.1 Å². The van der Waals surface area contributed by atoms with E-state index in [-0.39, 0.29) is 17.8 Å². The Kier molecular flexibility index (Phi) is 4.31. The van der Waals surface area contributed by atoms with Crippen LogP contribution < -0.4 is 5.32 Å². The summed E-state index contributed by atoms with van der Waals surface area (Å²) >= 11 is 3.26. The summed E-state index contributed by atoms with van der Waals surface area (Å²) in [5.41, 5.74) is 0.500. The summed E-state index contributed by atoms with van der Waals surface area (Å²) in [5, 5.41) is 3.13. The molecule has 2 atom stereocenters. The number of fused-ring (bicyclic) bond motifs is 2. The molecule has 21 heavy (non-hydrogen) atoms. The highest BCUT2D eigenvalue weighted by atomic mass is 79.9. The molecule has 2 aliphatic heterocycles. The number of halogens is 2. The molecule has 2 aliphatic rings. The van der Waals surface area contributed by atoms with Crippen LogP contribution in [0.5, 0.6) is 0 Å². The first-order chi connectivity index (χ1) is 10.0. The molecule has 5 heteroatoms. The van der Waals surface area contributed by atoms with E-state index in [1.54, 1.807) is 0 Å². The molecule has 3 rings (SSSR count). The molecule has 114 valence electrons. The van der Waals surface area contributed by atoms with Gasteiger partial charge in [0, 0.05) is 22.6 Å². The molecule has 0 aliphatic carbocycles. The highest BCUT2D eigenvalue weighted by molar-refractivity contribution is 9.10. The minimum Gasteiger partial charge on any atom is -0.349 e. The largest absolute Gasteiger partial charge is 0.349 e. The number of piperidine rings is 2. The molecule has 0 saturated carbocycles. The molecule has 3 nitrogen and oxygen atoms in total. The van der Waals surface area contributed by atoms with Crippen LogP contribution in [0.25, 0.3) is 0 Å². The highest BCUT2D eigenvalue weighted by Gasteiger charge is 2.36. The van der Waals surface area contributed by atoms with Gasteiger partial charge in [-0.3, -0.25) is 4.79 Å². The van der Waals surface area contributed by atoms with Gasteiger partial charge in [0.15, 0.2) is 0 Å². The maximum Gasteiger partial charge on any atom is 0.252 e. The monoisotopic (exact) mass is 354 g/mol. The first-order valence-corrected chi connectivity index (χ1v) is 8.31. The molecule has 2 bridgehead atoms. The van der Waals surface area contributed by atoms with Crippen LogP contribution in [-0.2, 0) is 0 Å². The van der Waals surface area contributed by atoms with Gasteiger partial charge in [-0.1, -0.05) is 6.42 Å². The third kappa shape index (κ3) is 3.14. The fourth-order valence-electron chi connectivity index (χ4n) is 3.67. The number of nitrogens with zero attached hydrogens (tertiary/aromatic N) is 1. The van der Waals surface area contributed by atoms with Crippen LogP contribution in [0.15, 0.2) is 22.7 Å². The average molecular weight is 355 g/mol. The summed E-state index contributed by atoms with van der Waals surface area (Å²) in [5.74, 6) is -0.457. The predicted molar refractivity (Wildman–Crippen MR) is 83.8 cm³/mol. The number of amides is 1. The summed E-state index contributed by atoms with van der Waals surface area (Å²) in [6.45, 7) is 0. The second-order valence-corrected chi connectivity index (χ2v) is 7.02. The number of rotatable bonds is 2. The molecular formula is C16H20BrFN2O. The van der Waals surface area contributed by atoms with E-state index in [2.05, 4.69) is 33.2 Å². The topological polar surface area (TPSA) is 32.3 Å². The van der Waals surface area contributed by atoms with Crippen molar-refractivity contribution in [3.63, 3.8) is 0 Å². The van der Waals surface area contributed by atoms with E-state index < -0.39 is 0 Å². The molecule has 2 fully saturated rings. The summed E-state index contributed by atoms with van der Waals surface area (Å²) in [7, 11) is 2.20. The first-order valence-electron chi connectivity index (χ1n) is 7.52. The lowest BCUT2D eigenvalue weighted by atomic mass is 9.82. The minimum atomic E-state index is -0.341. The number of carbonyl (C=O) groups excluding carboxylic acids is 1. The average Bonchev–Trinajstić information content (AvgIpc) is 2.39. The molecule has 1 N–H and O–H groups in total. The highest BCUT2D eigenvalue weighted by Crippen LogP contribution is 2.32. The van der Waals surface area contributed by atoms with E-state index in [0.717, 1.165) is 12.8 Å². The van der Waals surface area contributed by atoms with Crippen molar-refractivity contribution in [1.29, 1.82) is 0 Å². The van der Waals surface area contributed by atoms with Gasteiger partial charge in [-0.05, 0) is 66.9 Å². The van der Waals surface area contributed by atoms with Gasteiger partial charge >= 0.3 is 0 Å². The van der Waals surface area contributed by atoms with Crippen molar-refractivity contribution in [1.82, 2.24) is 10.2 Å². The van der Waals surface area contributed by atoms with E-state index in [9.17, 15) is 9.18 Å². The number of hydrogen-bond acceptors (Lipinski definition) is 2. The maximum atomic E-state index is 13.1. The maximum absolute atomic E-state index is 13.1. The number of carbonyl (C=O) groups is 1. The fraction of sp³-hybridized carbons (Fsp3) is 0.562. The Balaban J connectivity index is 1.68. The van der Waals surface area contributed by atoms with Crippen LogP contribution in [0.3, 0.4) is 0 Å². The molecule has 0 radical (unpaired) electrons. The predicted octanol–water partition coefficient (Wildman–Crippen LogP) is 3.33. The van der Waals surface area contributed by atoms with Gasteiger partial charge in [-0.25, -0.2) is 4.39 Å². The fourth-order valence-corrected chi connectivity index (χ4v) is 4.20. The number of nitrogens with one attached hydrogen (secondary N) is 1. The Labute approximate surface area is 133 Å².